The third-order valence-electron chi connectivity index (χ3n) is 3.35. The molecule has 2 heteroatoms. The summed E-state index contributed by atoms with van der Waals surface area (Å²) in [6.45, 7) is 4.10. The van der Waals surface area contributed by atoms with Crippen LogP contribution in [0.5, 0.6) is 0 Å². The molecule has 2 nitrogen and oxygen atoms in total. The van der Waals surface area contributed by atoms with Crippen molar-refractivity contribution >= 4 is 0 Å². The molecule has 0 radical (unpaired) electrons. The minimum atomic E-state index is 0.892. The van der Waals surface area contributed by atoms with Gasteiger partial charge in [0, 0.05) is 13.2 Å². The second-order valence-electron chi connectivity index (χ2n) is 5.21. The Morgan fingerprint density at radius 2 is 1.83 bits per heavy atom. The van der Waals surface area contributed by atoms with Crippen molar-refractivity contribution in [3.05, 3.63) is 35.9 Å². The van der Waals surface area contributed by atoms with Crippen molar-refractivity contribution in [1.82, 2.24) is 5.32 Å². The predicted octanol–water partition coefficient (Wildman–Crippen LogP) is 3.03. The summed E-state index contributed by atoms with van der Waals surface area (Å²) in [4.78, 5) is 0. The molecule has 1 aliphatic rings. The molecule has 1 fully saturated rings. The Balaban J connectivity index is 1.35. The van der Waals surface area contributed by atoms with Gasteiger partial charge in [0.25, 0.3) is 0 Å². The number of aryl methyl sites for hydroxylation is 1. The quantitative estimate of drug-likeness (QED) is 0.642. The monoisotopic (exact) mass is 247 g/mol. The van der Waals surface area contributed by atoms with Gasteiger partial charge in [-0.2, -0.15) is 0 Å². The average molecular weight is 247 g/mol. The highest BCUT2D eigenvalue weighted by atomic mass is 16.5. The molecule has 0 atom stereocenters. The molecule has 1 saturated carbocycles. The van der Waals surface area contributed by atoms with E-state index in [9.17, 15) is 0 Å². The van der Waals surface area contributed by atoms with Crippen molar-refractivity contribution < 1.29 is 4.74 Å². The fourth-order valence-corrected chi connectivity index (χ4v) is 2.02. The molecule has 0 bridgehead atoms. The van der Waals surface area contributed by atoms with Crippen LogP contribution in [0, 0.1) is 5.92 Å². The van der Waals surface area contributed by atoms with Crippen LogP contribution >= 0.6 is 0 Å². The van der Waals surface area contributed by atoms with E-state index in [0.717, 1.165) is 38.6 Å². The Bertz CT molecular complexity index is 308. The lowest BCUT2D eigenvalue weighted by Crippen LogP contribution is -2.18. The van der Waals surface area contributed by atoms with Gasteiger partial charge < -0.3 is 10.1 Å². The van der Waals surface area contributed by atoms with Crippen molar-refractivity contribution in [1.29, 1.82) is 0 Å². The lowest BCUT2D eigenvalue weighted by molar-refractivity contribution is 0.122. The molecule has 1 aliphatic carbocycles. The summed E-state index contributed by atoms with van der Waals surface area (Å²) >= 11 is 0. The van der Waals surface area contributed by atoms with Gasteiger partial charge in [-0.25, -0.2) is 0 Å². The highest BCUT2D eigenvalue weighted by molar-refractivity contribution is 5.14. The van der Waals surface area contributed by atoms with Crippen LogP contribution in [-0.2, 0) is 11.2 Å². The minimum Gasteiger partial charge on any atom is -0.381 e. The first-order valence-electron chi connectivity index (χ1n) is 7.27. The van der Waals surface area contributed by atoms with Crippen LogP contribution < -0.4 is 5.32 Å². The molecular formula is C16H25NO. The summed E-state index contributed by atoms with van der Waals surface area (Å²) in [5, 5.41) is 3.48. The zero-order valence-electron chi connectivity index (χ0n) is 11.2. The molecule has 0 aromatic heterocycles. The van der Waals surface area contributed by atoms with Gasteiger partial charge in [-0.15, -0.1) is 0 Å². The number of nitrogens with one attached hydrogen (secondary N) is 1. The van der Waals surface area contributed by atoms with Crippen LogP contribution in [0.3, 0.4) is 0 Å². The highest BCUT2D eigenvalue weighted by Crippen LogP contribution is 2.28. The SMILES string of the molecule is c1ccc(CCCNCCCOCC2CC2)cc1. The first kappa shape index (κ1) is 13.6. The number of rotatable bonds is 10. The zero-order valence-corrected chi connectivity index (χ0v) is 11.2. The molecule has 100 valence electrons. The van der Waals surface area contributed by atoms with E-state index in [1.54, 1.807) is 0 Å². The van der Waals surface area contributed by atoms with Crippen molar-refractivity contribution in [3.8, 4) is 0 Å². The summed E-state index contributed by atoms with van der Waals surface area (Å²) in [5.74, 6) is 0.892. The maximum Gasteiger partial charge on any atom is 0.0494 e. The van der Waals surface area contributed by atoms with Crippen LogP contribution in [-0.4, -0.2) is 26.3 Å². The molecule has 0 saturated heterocycles. The van der Waals surface area contributed by atoms with Gasteiger partial charge in [-0.1, -0.05) is 30.3 Å². The average Bonchev–Trinajstić information content (AvgIpc) is 3.22. The number of ether oxygens (including phenoxy) is 1. The van der Waals surface area contributed by atoms with Crippen LogP contribution in [0.1, 0.15) is 31.2 Å². The Labute approximate surface area is 111 Å². The van der Waals surface area contributed by atoms with Crippen LogP contribution in [0.4, 0.5) is 0 Å². The van der Waals surface area contributed by atoms with Gasteiger partial charge in [-0.3, -0.25) is 0 Å². The fourth-order valence-electron chi connectivity index (χ4n) is 2.02. The van der Waals surface area contributed by atoms with Gasteiger partial charge in [0.15, 0.2) is 0 Å². The Morgan fingerprint density at radius 3 is 2.61 bits per heavy atom. The first-order chi connectivity index (χ1) is 8.95. The van der Waals surface area contributed by atoms with Gasteiger partial charge >= 0.3 is 0 Å². The van der Waals surface area contributed by atoms with Crippen molar-refractivity contribution in [2.24, 2.45) is 5.92 Å². The third kappa shape index (κ3) is 6.18. The molecule has 0 unspecified atom stereocenters. The van der Waals surface area contributed by atoms with Crippen LogP contribution in [0.15, 0.2) is 30.3 Å². The van der Waals surface area contributed by atoms with E-state index < -0.39 is 0 Å². The molecular weight excluding hydrogens is 222 g/mol. The first-order valence-corrected chi connectivity index (χ1v) is 7.27. The topological polar surface area (TPSA) is 21.3 Å². The summed E-state index contributed by atoms with van der Waals surface area (Å²) in [6.07, 6.45) is 6.30. The van der Waals surface area contributed by atoms with Gasteiger partial charge in [0.2, 0.25) is 0 Å². The predicted molar refractivity (Wildman–Crippen MR) is 75.8 cm³/mol. The van der Waals surface area contributed by atoms with Crippen LogP contribution in [0.25, 0.3) is 0 Å². The van der Waals surface area contributed by atoms with E-state index >= 15 is 0 Å². The van der Waals surface area contributed by atoms with E-state index in [4.69, 9.17) is 4.74 Å². The molecule has 1 N–H and O–H groups in total. The largest absolute Gasteiger partial charge is 0.381 e. The van der Waals surface area contributed by atoms with Gasteiger partial charge in [0.05, 0.1) is 0 Å². The third-order valence-corrected chi connectivity index (χ3v) is 3.35. The Morgan fingerprint density at radius 1 is 1.06 bits per heavy atom. The normalized spacial score (nSPS) is 14.9. The number of hydrogen-bond acceptors (Lipinski definition) is 2. The molecule has 18 heavy (non-hydrogen) atoms. The summed E-state index contributed by atoms with van der Waals surface area (Å²) < 4.78 is 5.59. The summed E-state index contributed by atoms with van der Waals surface area (Å²) in [6, 6.07) is 10.7. The maximum absolute atomic E-state index is 5.59. The Kier molecular flexibility index (Phi) is 6.24. The fraction of sp³-hybridized carbons (Fsp3) is 0.625. The minimum absolute atomic E-state index is 0.892. The molecule has 0 aliphatic heterocycles. The molecule has 2 rings (SSSR count). The molecule has 0 spiro atoms. The lowest BCUT2D eigenvalue weighted by atomic mass is 10.1. The summed E-state index contributed by atoms with van der Waals surface area (Å²) in [7, 11) is 0. The standard InChI is InChI=1S/C16H25NO/c1-2-6-15(7-3-1)8-4-11-17-12-5-13-18-14-16-9-10-16/h1-3,6-7,16-17H,4-5,8-14H2. The molecule has 1 aromatic carbocycles. The Hall–Kier alpha value is -0.860. The van der Waals surface area contributed by atoms with Crippen LogP contribution in [0.2, 0.25) is 0 Å². The second-order valence-corrected chi connectivity index (χ2v) is 5.21. The van der Waals surface area contributed by atoms with E-state index in [0.29, 0.717) is 0 Å². The van der Waals surface area contributed by atoms with Gasteiger partial charge in [-0.05, 0) is 56.7 Å². The maximum atomic E-state index is 5.59. The van der Waals surface area contributed by atoms with Gasteiger partial charge in [0.1, 0.15) is 0 Å². The smallest absolute Gasteiger partial charge is 0.0494 e. The highest BCUT2D eigenvalue weighted by Gasteiger charge is 2.20. The van der Waals surface area contributed by atoms with E-state index in [1.807, 2.05) is 0 Å². The lowest BCUT2D eigenvalue weighted by Gasteiger charge is -2.05. The molecule has 0 heterocycles. The summed E-state index contributed by atoms with van der Waals surface area (Å²) in [5.41, 5.74) is 1.44. The number of benzene rings is 1. The molecule has 0 amide bonds. The van der Waals surface area contributed by atoms with Crippen molar-refractivity contribution in [3.63, 3.8) is 0 Å². The van der Waals surface area contributed by atoms with E-state index in [2.05, 4.69) is 35.6 Å². The van der Waals surface area contributed by atoms with Crippen molar-refractivity contribution in [2.45, 2.75) is 32.1 Å². The van der Waals surface area contributed by atoms with E-state index in [1.165, 1.54) is 31.2 Å². The van der Waals surface area contributed by atoms with Crippen molar-refractivity contribution in [2.75, 3.05) is 26.3 Å². The second kappa shape index (κ2) is 8.28. The zero-order chi connectivity index (χ0) is 12.5. The van der Waals surface area contributed by atoms with E-state index in [-0.39, 0.29) is 0 Å². The number of hydrogen-bond donors (Lipinski definition) is 1. The molecule has 1 aromatic rings.